The molecule has 6 heteroatoms. The Kier molecular flexibility index (Phi) is 3.46. The van der Waals surface area contributed by atoms with E-state index in [1.807, 2.05) is 62.4 Å². The van der Waals surface area contributed by atoms with E-state index < -0.39 is 5.41 Å². The fraction of sp³-hybridized carbons (Fsp3) is 0.227. The topological polar surface area (TPSA) is 67.2 Å². The number of aryl methyl sites for hydroxylation is 1. The van der Waals surface area contributed by atoms with Crippen molar-refractivity contribution in [1.29, 1.82) is 0 Å². The van der Waals surface area contributed by atoms with E-state index in [1.54, 1.807) is 15.8 Å². The molecule has 0 bridgehead atoms. The van der Waals surface area contributed by atoms with Crippen molar-refractivity contribution in [3.8, 4) is 5.69 Å². The van der Waals surface area contributed by atoms with Crippen molar-refractivity contribution in [2.75, 3.05) is 16.8 Å². The predicted octanol–water partition coefficient (Wildman–Crippen LogP) is 3.18. The molecule has 3 aromatic rings. The van der Waals surface area contributed by atoms with Gasteiger partial charge >= 0.3 is 0 Å². The zero-order valence-corrected chi connectivity index (χ0v) is 15.8. The average molecular weight is 372 g/mol. The van der Waals surface area contributed by atoms with Crippen molar-refractivity contribution >= 4 is 23.3 Å². The molecule has 2 amide bonds. The first-order valence-electron chi connectivity index (χ1n) is 9.43. The second kappa shape index (κ2) is 5.79. The van der Waals surface area contributed by atoms with Crippen LogP contribution in [0.15, 0.2) is 54.7 Å². The number of anilines is 2. The summed E-state index contributed by atoms with van der Waals surface area (Å²) in [5.41, 5.74) is 3.41. The van der Waals surface area contributed by atoms with Crippen molar-refractivity contribution in [2.24, 2.45) is 0 Å². The minimum atomic E-state index is -1.03. The van der Waals surface area contributed by atoms with E-state index >= 15 is 0 Å². The zero-order valence-electron chi connectivity index (χ0n) is 15.8. The van der Waals surface area contributed by atoms with Gasteiger partial charge in [-0.2, -0.15) is 5.10 Å². The van der Waals surface area contributed by atoms with Crippen LogP contribution < -0.4 is 10.2 Å². The molecule has 6 nitrogen and oxygen atoms in total. The maximum absolute atomic E-state index is 13.7. The minimum absolute atomic E-state index is 0.0528. The van der Waals surface area contributed by atoms with E-state index in [4.69, 9.17) is 0 Å². The molecule has 1 atom stereocenters. The number of carbonyl (C=O) groups is 2. The summed E-state index contributed by atoms with van der Waals surface area (Å²) in [5, 5.41) is 7.48. The number of hydrogen-bond acceptors (Lipinski definition) is 3. The van der Waals surface area contributed by atoms with Gasteiger partial charge in [0, 0.05) is 18.5 Å². The van der Waals surface area contributed by atoms with Crippen LogP contribution in [-0.2, 0) is 15.0 Å². The molecule has 5 rings (SSSR count). The summed E-state index contributed by atoms with van der Waals surface area (Å²) in [6.07, 6.45) is 1.82. The fourth-order valence-corrected chi connectivity index (χ4v) is 4.60. The largest absolute Gasteiger partial charge is 0.311 e. The number of fused-ring (bicyclic) bond motifs is 4. The van der Waals surface area contributed by atoms with Crippen LogP contribution in [0.5, 0.6) is 0 Å². The molecule has 0 saturated carbocycles. The Bertz CT molecular complexity index is 1120. The van der Waals surface area contributed by atoms with Gasteiger partial charge in [0.15, 0.2) is 0 Å². The van der Waals surface area contributed by atoms with Gasteiger partial charge in [-0.3, -0.25) is 9.59 Å². The summed E-state index contributed by atoms with van der Waals surface area (Å²) in [4.78, 5) is 28.3. The van der Waals surface area contributed by atoms with Gasteiger partial charge in [-0.15, -0.1) is 0 Å². The molecule has 2 aromatic carbocycles. The lowest BCUT2D eigenvalue weighted by Gasteiger charge is -2.32. The molecule has 1 N–H and O–H groups in total. The number of nitrogens with one attached hydrogen (secondary N) is 1. The SMILES string of the molecule is CCN1C(=O)C2(CC(=O)Nc3c2cnn3-c2ccccc2)c2cccc(C)c21. The highest BCUT2D eigenvalue weighted by Gasteiger charge is 2.57. The van der Waals surface area contributed by atoms with E-state index in [1.165, 1.54) is 0 Å². The Hall–Kier alpha value is -3.41. The molecule has 1 spiro atoms. The van der Waals surface area contributed by atoms with Crippen LogP contribution in [0.1, 0.15) is 30.0 Å². The van der Waals surface area contributed by atoms with Crippen LogP contribution in [0.3, 0.4) is 0 Å². The predicted molar refractivity (Wildman–Crippen MR) is 107 cm³/mol. The quantitative estimate of drug-likeness (QED) is 0.751. The van der Waals surface area contributed by atoms with E-state index in [-0.39, 0.29) is 18.2 Å². The van der Waals surface area contributed by atoms with Gasteiger partial charge in [0.05, 0.1) is 17.6 Å². The number of nitrogens with zero attached hydrogens (tertiary/aromatic N) is 3. The van der Waals surface area contributed by atoms with E-state index in [9.17, 15) is 9.59 Å². The van der Waals surface area contributed by atoms with Crippen molar-refractivity contribution in [3.05, 3.63) is 71.4 Å². The summed E-state index contributed by atoms with van der Waals surface area (Å²) in [7, 11) is 0. The Morgan fingerprint density at radius 1 is 1.07 bits per heavy atom. The molecule has 2 aliphatic heterocycles. The van der Waals surface area contributed by atoms with Crippen LogP contribution >= 0.6 is 0 Å². The van der Waals surface area contributed by atoms with Crippen LogP contribution in [0.4, 0.5) is 11.5 Å². The molecule has 2 aliphatic rings. The molecular weight excluding hydrogens is 352 g/mol. The highest BCUT2D eigenvalue weighted by atomic mass is 16.2. The third-order valence-electron chi connectivity index (χ3n) is 5.81. The van der Waals surface area contributed by atoms with E-state index in [2.05, 4.69) is 10.4 Å². The van der Waals surface area contributed by atoms with Crippen molar-refractivity contribution in [1.82, 2.24) is 9.78 Å². The van der Waals surface area contributed by atoms with Crippen LogP contribution in [0.2, 0.25) is 0 Å². The van der Waals surface area contributed by atoms with Gasteiger partial charge in [-0.25, -0.2) is 4.68 Å². The number of carbonyl (C=O) groups excluding carboxylic acids is 2. The Balaban J connectivity index is 1.80. The fourth-order valence-electron chi connectivity index (χ4n) is 4.60. The molecule has 28 heavy (non-hydrogen) atoms. The number of hydrogen-bond donors (Lipinski definition) is 1. The number of amides is 2. The summed E-state index contributed by atoms with van der Waals surface area (Å²) < 4.78 is 1.70. The van der Waals surface area contributed by atoms with Gasteiger partial charge in [-0.1, -0.05) is 36.4 Å². The molecule has 1 unspecified atom stereocenters. The molecular formula is C22H20N4O2. The lowest BCUT2D eigenvalue weighted by Crippen LogP contribution is -2.46. The third kappa shape index (κ3) is 2.00. The maximum Gasteiger partial charge on any atom is 0.242 e. The van der Waals surface area contributed by atoms with Crippen LogP contribution in [0.25, 0.3) is 5.69 Å². The molecule has 1 aromatic heterocycles. The van der Waals surface area contributed by atoms with Crippen LogP contribution in [-0.4, -0.2) is 28.1 Å². The number of benzene rings is 2. The second-order valence-corrected chi connectivity index (χ2v) is 7.30. The summed E-state index contributed by atoms with van der Waals surface area (Å²) >= 11 is 0. The smallest absolute Gasteiger partial charge is 0.242 e. The highest BCUT2D eigenvalue weighted by molar-refractivity contribution is 6.16. The molecule has 0 fully saturated rings. The van der Waals surface area contributed by atoms with Crippen molar-refractivity contribution < 1.29 is 9.59 Å². The molecule has 0 radical (unpaired) electrons. The van der Waals surface area contributed by atoms with Gasteiger partial charge < -0.3 is 10.2 Å². The number of likely N-dealkylation sites (N-methyl/N-ethyl adjacent to an activating group) is 1. The van der Waals surface area contributed by atoms with Crippen LogP contribution in [0, 0.1) is 6.92 Å². The number of para-hydroxylation sites is 2. The highest BCUT2D eigenvalue weighted by Crippen LogP contribution is 2.53. The molecule has 140 valence electrons. The van der Waals surface area contributed by atoms with Gasteiger partial charge in [-0.05, 0) is 37.1 Å². The average Bonchev–Trinajstić information content (AvgIpc) is 3.22. The van der Waals surface area contributed by atoms with Crippen molar-refractivity contribution in [2.45, 2.75) is 25.7 Å². The first kappa shape index (κ1) is 16.7. The maximum atomic E-state index is 13.7. The first-order valence-corrected chi connectivity index (χ1v) is 9.43. The Labute approximate surface area is 162 Å². The standard InChI is InChI=1S/C22H20N4O2/c1-3-25-19-14(2)8-7-11-16(19)22(21(25)28)12-18(27)24-20-17(22)13-23-26(20)15-9-5-4-6-10-15/h4-11,13H,3,12H2,1-2H3,(H,24,27). The zero-order chi connectivity index (χ0) is 19.5. The number of aromatic nitrogens is 2. The Morgan fingerprint density at radius 3 is 2.61 bits per heavy atom. The Morgan fingerprint density at radius 2 is 1.86 bits per heavy atom. The van der Waals surface area contributed by atoms with E-state index in [0.717, 1.165) is 28.1 Å². The lowest BCUT2D eigenvalue weighted by atomic mass is 9.71. The summed E-state index contributed by atoms with van der Waals surface area (Å²) in [5.74, 6) is 0.341. The lowest BCUT2D eigenvalue weighted by molar-refractivity contribution is -0.126. The monoisotopic (exact) mass is 372 g/mol. The van der Waals surface area contributed by atoms with Gasteiger partial charge in [0.2, 0.25) is 11.8 Å². The summed E-state index contributed by atoms with van der Waals surface area (Å²) in [6.45, 7) is 4.53. The van der Waals surface area contributed by atoms with Crippen molar-refractivity contribution in [3.63, 3.8) is 0 Å². The summed E-state index contributed by atoms with van der Waals surface area (Å²) in [6, 6.07) is 15.5. The third-order valence-corrected chi connectivity index (χ3v) is 5.81. The normalized spacial score (nSPS) is 20.3. The van der Waals surface area contributed by atoms with E-state index in [0.29, 0.717) is 12.4 Å². The molecule has 3 heterocycles. The first-order chi connectivity index (χ1) is 13.6. The van der Waals surface area contributed by atoms with Gasteiger partial charge in [0.1, 0.15) is 11.2 Å². The minimum Gasteiger partial charge on any atom is -0.311 e. The molecule has 0 aliphatic carbocycles. The second-order valence-electron chi connectivity index (χ2n) is 7.30. The molecule has 0 saturated heterocycles. The van der Waals surface area contributed by atoms with Gasteiger partial charge in [0.25, 0.3) is 0 Å². The number of rotatable bonds is 2.